The average molecular weight is 386 g/mol. The largest absolute Gasteiger partial charge is 0.471 e. The van der Waals surface area contributed by atoms with Crippen LogP contribution in [0.2, 0.25) is 0 Å². The van der Waals surface area contributed by atoms with Crippen molar-refractivity contribution in [3.05, 3.63) is 45.9 Å². The number of carbonyl (C=O) groups excluding carboxylic acids is 2. The average Bonchev–Trinajstić information content (AvgIpc) is 3.08. The van der Waals surface area contributed by atoms with E-state index in [1.165, 1.54) is 24.3 Å². The molecule has 0 aliphatic rings. The molecule has 26 heavy (non-hydrogen) atoms. The Kier molecular flexibility index (Phi) is 6.32. The monoisotopic (exact) mass is 386 g/mol. The zero-order valence-electron chi connectivity index (χ0n) is 13.8. The molecule has 6 nitrogen and oxygen atoms in total. The lowest BCUT2D eigenvalue weighted by Crippen LogP contribution is -2.40. The summed E-state index contributed by atoms with van der Waals surface area (Å²) in [5, 5.41) is 4.82. The molecule has 0 spiro atoms. The summed E-state index contributed by atoms with van der Waals surface area (Å²) in [7, 11) is 0. The van der Waals surface area contributed by atoms with Crippen molar-refractivity contribution in [3.63, 3.8) is 0 Å². The lowest BCUT2D eigenvalue weighted by molar-refractivity contribution is -0.185. The lowest BCUT2D eigenvalue weighted by atomic mass is 10.2. The number of aromatic nitrogens is 1. The van der Waals surface area contributed by atoms with Crippen molar-refractivity contribution >= 4 is 28.8 Å². The van der Waals surface area contributed by atoms with E-state index in [4.69, 9.17) is 5.73 Å². The van der Waals surface area contributed by atoms with E-state index in [2.05, 4.69) is 10.3 Å². The second-order valence-electron chi connectivity index (χ2n) is 5.30. The van der Waals surface area contributed by atoms with Crippen LogP contribution in [0.4, 0.5) is 18.9 Å². The van der Waals surface area contributed by atoms with Gasteiger partial charge in [0.2, 0.25) is 0 Å². The van der Waals surface area contributed by atoms with Gasteiger partial charge in [-0.3, -0.25) is 9.59 Å². The molecule has 0 radical (unpaired) electrons. The van der Waals surface area contributed by atoms with Gasteiger partial charge in [0.25, 0.3) is 5.91 Å². The number of benzene rings is 1. The molecule has 2 amide bonds. The molecule has 1 aromatic heterocycles. The van der Waals surface area contributed by atoms with Crippen molar-refractivity contribution in [1.82, 2.24) is 9.88 Å². The highest BCUT2D eigenvalue weighted by Gasteiger charge is 2.41. The predicted molar refractivity (Wildman–Crippen MR) is 91.5 cm³/mol. The Morgan fingerprint density at radius 2 is 2.08 bits per heavy atom. The summed E-state index contributed by atoms with van der Waals surface area (Å²) >= 11 is 1.26. The van der Waals surface area contributed by atoms with Crippen LogP contribution < -0.4 is 11.1 Å². The summed E-state index contributed by atoms with van der Waals surface area (Å²) in [6, 6.07) is 6.28. The Labute approximate surface area is 151 Å². The zero-order chi connectivity index (χ0) is 19.3. The third kappa shape index (κ3) is 5.02. The van der Waals surface area contributed by atoms with Gasteiger partial charge in [0.1, 0.15) is 10.7 Å². The molecule has 2 rings (SSSR count). The molecule has 1 aromatic carbocycles. The van der Waals surface area contributed by atoms with E-state index in [0.717, 1.165) is 0 Å². The van der Waals surface area contributed by atoms with Crippen LogP contribution in [0.15, 0.2) is 29.6 Å². The molecule has 10 heteroatoms. The van der Waals surface area contributed by atoms with E-state index < -0.39 is 18.0 Å². The molecule has 0 bridgehead atoms. The van der Waals surface area contributed by atoms with Crippen LogP contribution in [0.25, 0.3) is 0 Å². The summed E-state index contributed by atoms with van der Waals surface area (Å²) in [6.45, 7) is 1.39. The van der Waals surface area contributed by atoms with Crippen molar-refractivity contribution in [2.75, 3.05) is 11.9 Å². The van der Waals surface area contributed by atoms with Crippen molar-refractivity contribution in [1.29, 1.82) is 0 Å². The Morgan fingerprint density at radius 3 is 2.65 bits per heavy atom. The Morgan fingerprint density at radius 1 is 1.35 bits per heavy atom. The third-order valence-electron chi connectivity index (χ3n) is 3.43. The van der Waals surface area contributed by atoms with E-state index in [1.807, 2.05) is 0 Å². The molecule has 2 aromatic rings. The fraction of sp³-hybridized carbons (Fsp3) is 0.312. The number of rotatable bonds is 6. The molecule has 0 fully saturated rings. The van der Waals surface area contributed by atoms with Crippen LogP contribution in [0.5, 0.6) is 0 Å². The molecular formula is C16H17F3N4O2S. The van der Waals surface area contributed by atoms with Gasteiger partial charge in [-0.1, -0.05) is 12.1 Å². The number of alkyl halides is 3. The number of thiazole rings is 1. The molecule has 0 aliphatic heterocycles. The van der Waals surface area contributed by atoms with Gasteiger partial charge in [-0.15, -0.1) is 11.3 Å². The van der Waals surface area contributed by atoms with Crippen LogP contribution in [0.1, 0.15) is 28.0 Å². The summed E-state index contributed by atoms with van der Waals surface area (Å²) < 4.78 is 37.8. The predicted octanol–water partition coefficient (Wildman–Crippen LogP) is 2.76. The second-order valence-corrected chi connectivity index (χ2v) is 6.24. The normalized spacial score (nSPS) is 11.3. The molecule has 3 N–H and O–H groups in total. The van der Waals surface area contributed by atoms with Gasteiger partial charge in [0.05, 0.1) is 0 Å². The second kappa shape index (κ2) is 8.28. The first kappa shape index (κ1) is 19.9. The minimum atomic E-state index is -4.92. The first-order chi connectivity index (χ1) is 12.2. The summed E-state index contributed by atoms with van der Waals surface area (Å²) in [5.74, 6) is -2.34. The maximum atomic E-state index is 12.6. The highest BCUT2D eigenvalue weighted by molar-refractivity contribution is 7.09. The number of halogens is 3. The van der Waals surface area contributed by atoms with Crippen LogP contribution in [0.3, 0.4) is 0 Å². The van der Waals surface area contributed by atoms with E-state index in [1.54, 1.807) is 23.6 Å². The molecule has 0 unspecified atom stereocenters. The number of nitrogens with one attached hydrogen (secondary N) is 1. The molecule has 1 heterocycles. The van der Waals surface area contributed by atoms with Gasteiger partial charge in [-0.25, -0.2) is 4.98 Å². The number of amides is 2. The number of carbonyl (C=O) groups is 2. The SMILES string of the molecule is CCN(Cc1cccc(NC(=O)c2csc(CN)n2)c1)C(=O)C(F)(F)F. The van der Waals surface area contributed by atoms with Gasteiger partial charge in [0, 0.05) is 30.7 Å². The zero-order valence-corrected chi connectivity index (χ0v) is 14.7. The summed E-state index contributed by atoms with van der Waals surface area (Å²) in [4.78, 5) is 28.3. The topological polar surface area (TPSA) is 88.3 Å². The Balaban J connectivity index is 2.09. The Hall–Kier alpha value is -2.46. The number of anilines is 1. The quantitative estimate of drug-likeness (QED) is 0.799. The molecule has 0 atom stereocenters. The van der Waals surface area contributed by atoms with Gasteiger partial charge in [-0.05, 0) is 24.6 Å². The van der Waals surface area contributed by atoms with E-state index in [9.17, 15) is 22.8 Å². The lowest BCUT2D eigenvalue weighted by Gasteiger charge is -2.22. The first-order valence-corrected chi connectivity index (χ1v) is 8.53. The fourth-order valence-electron chi connectivity index (χ4n) is 2.18. The highest BCUT2D eigenvalue weighted by atomic mass is 32.1. The van der Waals surface area contributed by atoms with E-state index >= 15 is 0 Å². The highest BCUT2D eigenvalue weighted by Crippen LogP contribution is 2.21. The number of nitrogens with two attached hydrogens (primary N) is 1. The van der Waals surface area contributed by atoms with Gasteiger partial charge < -0.3 is 16.0 Å². The maximum absolute atomic E-state index is 12.6. The number of hydrogen-bond acceptors (Lipinski definition) is 5. The smallest absolute Gasteiger partial charge is 0.331 e. The maximum Gasteiger partial charge on any atom is 0.471 e. The van der Waals surface area contributed by atoms with Crippen LogP contribution >= 0.6 is 11.3 Å². The van der Waals surface area contributed by atoms with Crippen molar-refractivity contribution in [3.8, 4) is 0 Å². The summed E-state index contributed by atoms with van der Waals surface area (Å²) in [6.07, 6.45) is -4.92. The fourth-order valence-corrected chi connectivity index (χ4v) is 2.83. The Bertz CT molecular complexity index is 792. The summed E-state index contributed by atoms with van der Waals surface area (Å²) in [5.41, 5.74) is 6.52. The van der Waals surface area contributed by atoms with Crippen molar-refractivity contribution in [2.45, 2.75) is 26.2 Å². The number of nitrogens with zero attached hydrogens (tertiary/aromatic N) is 2. The third-order valence-corrected chi connectivity index (χ3v) is 4.30. The number of hydrogen-bond donors (Lipinski definition) is 2. The molecular weight excluding hydrogens is 369 g/mol. The standard InChI is InChI=1S/C16H17F3N4O2S/c1-2-23(15(25)16(17,18)19)8-10-4-3-5-11(6-10)21-14(24)12-9-26-13(7-20)22-12/h3-6,9H,2,7-8,20H2,1H3,(H,21,24). The van der Waals surface area contributed by atoms with Gasteiger partial charge >= 0.3 is 12.1 Å². The minimum absolute atomic E-state index is 0.0877. The van der Waals surface area contributed by atoms with E-state index in [0.29, 0.717) is 21.2 Å². The molecule has 0 aliphatic carbocycles. The van der Waals surface area contributed by atoms with Crippen LogP contribution in [0, 0.1) is 0 Å². The van der Waals surface area contributed by atoms with Crippen LogP contribution in [-0.2, 0) is 17.9 Å². The minimum Gasteiger partial charge on any atom is -0.331 e. The van der Waals surface area contributed by atoms with Gasteiger partial charge in [-0.2, -0.15) is 13.2 Å². The molecule has 0 saturated heterocycles. The molecule has 0 saturated carbocycles. The van der Waals surface area contributed by atoms with Gasteiger partial charge in [0.15, 0.2) is 0 Å². The van der Waals surface area contributed by atoms with E-state index in [-0.39, 0.29) is 25.3 Å². The molecule has 140 valence electrons. The van der Waals surface area contributed by atoms with Crippen molar-refractivity contribution in [2.24, 2.45) is 5.73 Å². The first-order valence-electron chi connectivity index (χ1n) is 7.65. The van der Waals surface area contributed by atoms with Crippen LogP contribution in [-0.4, -0.2) is 34.4 Å². The van der Waals surface area contributed by atoms with Crippen molar-refractivity contribution < 1.29 is 22.8 Å².